The molecular weight excluding hydrogens is 372 g/mol. The van der Waals surface area contributed by atoms with E-state index in [0.29, 0.717) is 13.1 Å². The first-order chi connectivity index (χ1) is 13.6. The average molecular weight is 401 g/mol. The Morgan fingerprint density at radius 2 is 2.11 bits per heavy atom. The van der Waals surface area contributed by atoms with Gasteiger partial charge in [-0.3, -0.25) is 9.59 Å². The molecule has 0 aliphatic carbocycles. The van der Waals surface area contributed by atoms with E-state index in [-0.39, 0.29) is 17.7 Å². The van der Waals surface area contributed by atoms with E-state index in [2.05, 4.69) is 29.0 Å². The molecular formula is C21H28N4O2S. The number of anilines is 1. The van der Waals surface area contributed by atoms with Gasteiger partial charge >= 0.3 is 0 Å². The highest BCUT2D eigenvalue weighted by Gasteiger charge is 2.29. The molecule has 1 aliphatic heterocycles. The van der Waals surface area contributed by atoms with Crippen molar-refractivity contribution in [2.24, 2.45) is 5.92 Å². The minimum atomic E-state index is -0.152. The molecule has 2 aromatic rings. The van der Waals surface area contributed by atoms with Gasteiger partial charge in [0.2, 0.25) is 5.91 Å². The first-order valence-electron chi connectivity index (χ1n) is 9.92. The minimum absolute atomic E-state index is 0.0106. The molecule has 2 aromatic heterocycles. The third-order valence-electron chi connectivity index (χ3n) is 5.17. The van der Waals surface area contributed by atoms with Crippen molar-refractivity contribution in [2.45, 2.75) is 33.2 Å². The van der Waals surface area contributed by atoms with Gasteiger partial charge in [-0.25, -0.2) is 4.98 Å². The monoisotopic (exact) mass is 400 g/mol. The highest BCUT2D eigenvalue weighted by molar-refractivity contribution is 7.12. The number of rotatable bonds is 7. The van der Waals surface area contributed by atoms with Crippen LogP contribution in [0.2, 0.25) is 0 Å². The largest absolute Gasteiger partial charge is 0.357 e. The number of likely N-dealkylation sites (tertiary alicyclic amines) is 1. The fourth-order valence-corrected chi connectivity index (χ4v) is 4.21. The maximum absolute atomic E-state index is 12.6. The van der Waals surface area contributed by atoms with E-state index in [1.165, 1.54) is 11.3 Å². The van der Waals surface area contributed by atoms with Gasteiger partial charge in [-0.15, -0.1) is 11.3 Å². The molecule has 1 saturated heterocycles. The molecule has 0 bridgehead atoms. The summed E-state index contributed by atoms with van der Waals surface area (Å²) in [5.41, 5.74) is 0.978. The Morgan fingerprint density at radius 3 is 2.75 bits per heavy atom. The van der Waals surface area contributed by atoms with E-state index in [9.17, 15) is 9.59 Å². The molecule has 0 spiro atoms. The smallest absolute Gasteiger partial charge is 0.263 e. The number of piperidine rings is 1. The van der Waals surface area contributed by atoms with E-state index in [1.54, 1.807) is 4.90 Å². The van der Waals surface area contributed by atoms with Crippen LogP contribution in [-0.2, 0) is 11.3 Å². The molecule has 1 atom stereocenters. The summed E-state index contributed by atoms with van der Waals surface area (Å²) in [6, 6.07) is 7.72. The number of hydrogen-bond acceptors (Lipinski definition) is 5. The fourth-order valence-electron chi connectivity index (χ4n) is 3.52. The second kappa shape index (κ2) is 9.68. The lowest BCUT2D eigenvalue weighted by Crippen LogP contribution is -2.45. The van der Waals surface area contributed by atoms with Gasteiger partial charge in [0.05, 0.1) is 10.8 Å². The first-order valence-corrected chi connectivity index (χ1v) is 10.8. The van der Waals surface area contributed by atoms with Crippen molar-refractivity contribution in [3.05, 3.63) is 46.3 Å². The van der Waals surface area contributed by atoms with Crippen molar-refractivity contribution in [3.63, 3.8) is 0 Å². The number of pyridine rings is 1. The molecule has 1 unspecified atom stereocenters. The number of hydrogen-bond donors (Lipinski definition) is 1. The molecule has 150 valence electrons. The summed E-state index contributed by atoms with van der Waals surface area (Å²) < 4.78 is 0. The summed E-state index contributed by atoms with van der Waals surface area (Å²) >= 11 is 1.45. The Labute approximate surface area is 170 Å². The summed E-state index contributed by atoms with van der Waals surface area (Å²) in [4.78, 5) is 34.4. The van der Waals surface area contributed by atoms with Crippen LogP contribution in [0.5, 0.6) is 0 Å². The molecule has 3 rings (SSSR count). The number of carbonyl (C=O) groups is 2. The van der Waals surface area contributed by atoms with Crippen LogP contribution in [-0.4, -0.2) is 47.9 Å². The summed E-state index contributed by atoms with van der Waals surface area (Å²) in [7, 11) is 0. The van der Waals surface area contributed by atoms with E-state index >= 15 is 0 Å². The van der Waals surface area contributed by atoms with Crippen molar-refractivity contribution < 1.29 is 9.59 Å². The van der Waals surface area contributed by atoms with Gasteiger partial charge in [0.15, 0.2) is 0 Å². The third kappa shape index (κ3) is 4.90. The molecule has 7 heteroatoms. The lowest BCUT2D eigenvalue weighted by atomic mass is 9.97. The van der Waals surface area contributed by atoms with Crippen LogP contribution >= 0.6 is 11.3 Å². The average Bonchev–Trinajstić information content (AvgIpc) is 3.28. The quantitative estimate of drug-likeness (QED) is 0.775. The number of thiophene rings is 1. The van der Waals surface area contributed by atoms with Crippen LogP contribution in [0.15, 0.2) is 35.8 Å². The number of amides is 2. The Balaban J connectivity index is 1.52. The Kier molecular flexibility index (Phi) is 7.03. The highest BCUT2D eigenvalue weighted by Crippen LogP contribution is 2.21. The third-order valence-corrected chi connectivity index (χ3v) is 6.03. The molecule has 1 fully saturated rings. The SMILES string of the molecule is CCN(CC)c1ccc(CNC(=O)C2CCCN(C(=O)c3cccs3)C2)cn1. The molecule has 28 heavy (non-hydrogen) atoms. The summed E-state index contributed by atoms with van der Waals surface area (Å²) in [6.07, 6.45) is 3.50. The molecule has 1 N–H and O–H groups in total. The maximum atomic E-state index is 12.6. The van der Waals surface area contributed by atoms with Gasteiger partial charge in [0, 0.05) is 38.9 Å². The van der Waals surface area contributed by atoms with E-state index < -0.39 is 0 Å². The molecule has 2 amide bonds. The van der Waals surface area contributed by atoms with Gasteiger partial charge < -0.3 is 15.1 Å². The van der Waals surface area contributed by atoms with Crippen LogP contribution in [0.4, 0.5) is 5.82 Å². The molecule has 3 heterocycles. The fraction of sp³-hybridized carbons (Fsp3) is 0.476. The molecule has 0 saturated carbocycles. The Hall–Kier alpha value is -2.41. The summed E-state index contributed by atoms with van der Waals surface area (Å²) in [5.74, 6) is 0.843. The van der Waals surface area contributed by atoms with Crippen LogP contribution in [0.25, 0.3) is 0 Å². The molecule has 1 aliphatic rings. The standard InChI is InChI=1S/C21H28N4O2S/c1-3-24(4-2)19-10-9-16(13-22-19)14-23-20(26)17-7-5-11-25(15-17)21(27)18-8-6-12-28-18/h6,8-10,12-13,17H,3-5,7,11,14-15H2,1-2H3,(H,23,26). The second-order valence-electron chi connectivity index (χ2n) is 6.98. The van der Waals surface area contributed by atoms with Crippen LogP contribution in [0, 0.1) is 5.92 Å². The predicted molar refractivity (Wildman–Crippen MR) is 113 cm³/mol. The van der Waals surface area contributed by atoms with Gasteiger partial charge in [-0.1, -0.05) is 12.1 Å². The lowest BCUT2D eigenvalue weighted by Gasteiger charge is -2.31. The van der Waals surface area contributed by atoms with Gasteiger partial charge in [-0.2, -0.15) is 0 Å². The Morgan fingerprint density at radius 1 is 1.29 bits per heavy atom. The highest BCUT2D eigenvalue weighted by atomic mass is 32.1. The number of nitrogens with zero attached hydrogens (tertiary/aromatic N) is 3. The predicted octanol–water partition coefficient (Wildman–Crippen LogP) is 3.16. The van der Waals surface area contributed by atoms with Crippen LogP contribution < -0.4 is 10.2 Å². The normalized spacial score (nSPS) is 16.6. The summed E-state index contributed by atoms with van der Waals surface area (Å²) in [6.45, 7) is 7.72. The minimum Gasteiger partial charge on any atom is -0.357 e. The number of nitrogens with one attached hydrogen (secondary N) is 1. The van der Waals surface area contributed by atoms with E-state index in [4.69, 9.17) is 0 Å². The van der Waals surface area contributed by atoms with Gasteiger partial charge in [-0.05, 0) is 49.8 Å². The van der Waals surface area contributed by atoms with Gasteiger partial charge in [0.1, 0.15) is 5.82 Å². The first kappa shape index (κ1) is 20.3. The van der Waals surface area contributed by atoms with Crippen LogP contribution in [0.3, 0.4) is 0 Å². The molecule has 0 radical (unpaired) electrons. The zero-order valence-corrected chi connectivity index (χ0v) is 17.4. The lowest BCUT2D eigenvalue weighted by molar-refractivity contribution is -0.126. The molecule has 6 nitrogen and oxygen atoms in total. The second-order valence-corrected chi connectivity index (χ2v) is 7.93. The van der Waals surface area contributed by atoms with Gasteiger partial charge in [0.25, 0.3) is 5.91 Å². The van der Waals surface area contributed by atoms with Crippen molar-refractivity contribution in [3.8, 4) is 0 Å². The number of aromatic nitrogens is 1. The zero-order valence-electron chi connectivity index (χ0n) is 16.6. The topological polar surface area (TPSA) is 65.5 Å². The van der Waals surface area contributed by atoms with Crippen molar-refractivity contribution in [1.82, 2.24) is 15.2 Å². The Bertz CT molecular complexity index is 772. The van der Waals surface area contributed by atoms with Crippen molar-refractivity contribution in [1.29, 1.82) is 0 Å². The van der Waals surface area contributed by atoms with E-state index in [0.717, 1.165) is 48.7 Å². The van der Waals surface area contributed by atoms with Crippen molar-refractivity contribution in [2.75, 3.05) is 31.1 Å². The maximum Gasteiger partial charge on any atom is 0.263 e. The van der Waals surface area contributed by atoms with Crippen molar-refractivity contribution >= 4 is 29.0 Å². The van der Waals surface area contributed by atoms with Crippen LogP contribution in [0.1, 0.15) is 41.9 Å². The summed E-state index contributed by atoms with van der Waals surface area (Å²) in [5, 5.41) is 4.92. The number of carbonyl (C=O) groups excluding carboxylic acids is 2. The van der Waals surface area contributed by atoms with E-state index in [1.807, 2.05) is 35.8 Å². The zero-order chi connectivity index (χ0) is 19.9. The molecule has 0 aromatic carbocycles.